The Balaban J connectivity index is 2.29. The molecule has 8 nitrogen and oxygen atoms in total. The maximum atomic E-state index is 11.9. The van der Waals surface area contributed by atoms with Crippen LogP contribution in [0.5, 0.6) is 0 Å². The van der Waals surface area contributed by atoms with Gasteiger partial charge in [-0.25, -0.2) is 13.1 Å². The minimum Gasteiger partial charge on any atom is -0.343 e. The molecule has 2 rings (SSSR count). The summed E-state index contributed by atoms with van der Waals surface area (Å²) in [4.78, 5) is 10.1. The topological polar surface area (TPSA) is 115 Å². The average molecular weight is 311 g/mol. The fourth-order valence-electron chi connectivity index (χ4n) is 1.64. The van der Waals surface area contributed by atoms with Crippen LogP contribution in [0.1, 0.15) is 13.8 Å². The first-order chi connectivity index (χ1) is 9.79. The Morgan fingerprint density at radius 2 is 1.90 bits per heavy atom. The highest BCUT2D eigenvalue weighted by atomic mass is 32.2. The van der Waals surface area contributed by atoms with Gasteiger partial charge >= 0.3 is 0 Å². The molecule has 0 unspecified atom stereocenters. The smallest absolute Gasteiger partial charge is 0.277 e. The van der Waals surface area contributed by atoms with Gasteiger partial charge in [-0.1, -0.05) is 5.16 Å². The van der Waals surface area contributed by atoms with E-state index in [1.165, 1.54) is 30.3 Å². The lowest BCUT2D eigenvalue weighted by Crippen LogP contribution is -2.29. The predicted octanol–water partition coefficient (Wildman–Crippen LogP) is 1.94. The van der Waals surface area contributed by atoms with Crippen LogP contribution in [0, 0.1) is 10.1 Å². The Bertz CT molecular complexity index is 749. The van der Waals surface area contributed by atoms with Crippen molar-refractivity contribution in [3.8, 4) is 11.3 Å². The van der Waals surface area contributed by atoms with Crippen molar-refractivity contribution in [3.05, 3.63) is 40.4 Å². The summed E-state index contributed by atoms with van der Waals surface area (Å²) in [5.74, 6) is 0. The minimum absolute atomic E-state index is 0.0587. The van der Waals surface area contributed by atoms with Gasteiger partial charge in [0.05, 0.1) is 4.92 Å². The van der Waals surface area contributed by atoms with Crippen molar-refractivity contribution in [3.63, 3.8) is 0 Å². The van der Waals surface area contributed by atoms with Gasteiger partial charge in [-0.15, -0.1) is 0 Å². The van der Waals surface area contributed by atoms with E-state index in [1.54, 1.807) is 13.8 Å². The van der Waals surface area contributed by atoms with Gasteiger partial charge in [0.1, 0.15) is 5.69 Å². The number of sulfonamides is 1. The molecule has 1 heterocycles. The van der Waals surface area contributed by atoms with Crippen LogP contribution in [-0.2, 0) is 10.0 Å². The lowest BCUT2D eigenvalue weighted by Gasteiger charge is -2.05. The van der Waals surface area contributed by atoms with Crippen molar-refractivity contribution < 1.29 is 17.9 Å². The van der Waals surface area contributed by atoms with E-state index in [1.807, 2.05) is 0 Å². The molecule has 0 spiro atoms. The highest BCUT2D eigenvalue weighted by Gasteiger charge is 2.21. The third kappa shape index (κ3) is 3.44. The Hall–Kier alpha value is -2.26. The Morgan fingerprint density at radius 1 is 1.29 bits per heavy atom. The molecule has 112 valence electrons. The van der Waals surface area contributed by atoms with Crippen molar-refractivity contribution in [2.75, 3.05) is 0 Å². The van der Waals surface area contributed by atoms with Crippen LogP contribution in [0.4, 0.5) is 5.69 Å². The largest absolute Gasteiger partial charge is 0.343 e. The molecule has 1 aromatic heterocycles. The monoisotopic (exact) mass is 311 g/mol. The van der Waals surface area contributed by atoms with Gasteiger partial charge in [0.15, 0.2) is 0 Å². The van der Waals surface area contributed by atoms with Crippen molar-refractivity contribution in [1.29, 1.82) is 0 Å². The van der Waals surface area contributed by atoms with Crippen molar-refractivity contribution in [2.24, 2.45) is 0 Å². The lowest BCUT2D eigenvalue weighted by atomic mass is 10.1. The van der Waals surface area contributed by atoms with Crippen LogP contribution >= 0.6 is 0 Å². The lowest BCUT2D eigenvalue weighted by molar-refractivity contribution is -0.384. The molecular weight excluding hydrogens is 298 g/mol. The molecule has 0 aliphatic rings. The normalized spacial score (nSPS) is 11.8. The Labute approximate surface area is 121 Å². The van der Waals surface area contributed by atoms with E-state index in [-0.39, 0.29) is 22.5 Å². The van der Waals surface area contributed by atoms with Gasteiger partial charge < -0.3 is 4.52 Å². The molecule has 0 radical (unpaired) electrons. The molecule has 21 heavy (non-hydrogen) atoms. The second kappa shape index (κ2) is 5.62. The van der Waals surface area contributed by atoms with Crippen LogP contribution < -0.4 is 4.72 Å². The number of nitro benzene ring substituents is 1. The Morgan fingerprint density at radius 3 is 2.43 bits per heavy atom. The molecule has 0 atom stereocenters. The van der Waals surface area contributed by atoms with Gasteiger partial charge in [-0.3, -0.25) is 10.1 Å². The predicted molar refractivity (Wildman–Crippen MR) is 74.1 cm³/mol. The zero-order valence-electron chi connectivity index (χ0n) is 11.3. The first kappa shape index (κ1) is 15.1. The number of rotatable bonds is 5. The first-order valence-corrected chi connectivity index (χ1v) is 7.52. The average Bonchev–Trinajstić information content (AvgIpc) is 2.87. The van der Waals surface area contributed by atoms with E-state index in [0.717, 1.165) is 0 Å². The molecule has 0 saturated carbocycles. The summed E-state index contributed by atoms with van der Waals surface area (Å²) in [6.45, 7) is 3.37. The Kier molecular flexibility index (Phi) is 4.05. The van der Waals surface area contributed by atoms with Crippen molar-refractivity contribution in [2.45, 2.75) is 25.0 Å². The molecule has 9 heteroatoms. The highest BCUT2D eigenvalue weighted by molar-refractivity contribution is 7.89. The summed E-state index contributed by atoms with van der Waals surface area (Å²) in [6.07, 6.45) is 0. The van der Waals surface area contributed by atoms with Crippen LogP contribution in [0.25, 0.3) is 11.3 Å². The van der Waals surface area contributed by atoms with E-state index in [0.29, 0.717) is 5.56 Å². The maximum absolute atomic E-state index is 11.9. The zero-order valence-corrected chi connectivity index (χ0v) is 12.1. The zero-order chi connectivity index (χ0) is 15.6. The summed E-state index contributed by atoms with van der Waals surface area (Å²) in [5.41, 5.74) is 0.751. The quantitative estimate of drug-likeness (QED) is 0.666. The van der Waals surface area contributed by atoms with Crippen LogP contribution in [-0.4, -0.2) is 24.5 Å². The molecule has 0 aliphatic heterocycles. The second-order valence-electron chi connectivity index (χ2n) is 4.61. The van der Waals surface area contributed by atoms with E-state index in [2.05, 4.69) is 9.88 Å². The summed E-state index contributed by atoms with van der Waals surface area (Å²) in [5, 5.41) is 13.9. The number of hydrogen-bond donors (Lipinski definition) is 1. The molecule has 0 fully saturated rings. The number of aromatic nitrogens is 1. The van der Waals surface area contributed by atoms with Gasteiger partial charge in [0.25, 0.3) is 20.8 Å². The number of benzene rings is 1. The van der Waals surface area contributed by atoms with Gasteiger partial charge in [-0.05, 0) is 26.0 Å². The van der Waals surface area contributed by atoms with E-state index in [4.69, 9.17) is 4.52 Å². The summed E-state index contributed by atoms with van der Waals surface area (Å²) < 4.78 is 31.0. The first-order valence-electron chi connectivity index (χ1n) is 6.03. The molecule has 0 aliphatic carbocycles. The fraction of sp³-hybridized carbons (Fsp3) is 0.250. The summed E-state index contributed by atoms with van der Waals surface area (Å²) in [7, 11) is -3.76. The molecule has 0 saturated heterocycles. The molecule has 0 bridgehead atoms. The van der Waals surface area contributed by atoms with Crippen LogP contribution in [0.2, 0.25) is 0 Å². The standard InChI is InChI=1S/C12H13N3O5S/c1-8(2)14-21(18,19)12-7-11(13-20-12)9-3-5-10(6-4-9)15(16)17/h3-8,14H,1-2H3. The molecule has 1 aromatic carbocycles. The molecule has 0 amide bonds. The number of nitrogens with zero attached hydrogens (tertiary/aromatic N) is 2. The minimum atomic E-state index is -3.76. The number of nitrogens with one attached hydrogen (secondary N) is 1. The SMILES string of the molecule is CC(C)NS(=O)(=O)c1cc(-c2ccc([N+](=O)[O-])cc2)no1. The van der Waals surface area contributed by atoms with Crippen LogP contribution in [0.3, 0.4) is 0 Å². The number of nitro groups is 1. The maximum Gasteiger partial charge on any atom is 0.277 e. The number of hydrogen-bond acceptors (Lipinski definition) is 6. The number of non-ortho nitro benzene ring substituents is 1. The third-order valence-electron chi connectivity index (χ3n) is 2.52. The highest BCUT2D eigenvalue weighted by Crippen LogP contribution is 2.23. The molecular formula is C12H13N3O5S. The van der Waals surface area contributed by atoms with Crippen molar-refractivity contribution >= 4 is 15.7 Å². The van der Waals surface area contributed by atoms with Crippen LogP contribution in [0.15, 0.2) is 39.9 Å². The summed E-state index contributed by atoms with van der Waals surface area (Å²) >= 11 is 0. The van der Waals surface area contributed by atoms with Gasteiger partial charge in [0, 0.05) is 29.8 Å². The van der Waals surface area contributed by atoms with E-state index >= 15 is 0 Å². The molecule has 1 N–H and O–H groups in total. The third-order valence-corrected chi connectivity index (χ3v) is 4.02. The second-order valence-corrected chi connectivity index (χ2v) is 6.26. The fourth-order valence-corrected chi connectivity index (χ4v) is 2.78. The van der Waals surface area contributed by atoms with Crippen molar-refractivity contribution in [1.82, 2.24) is 9.88 Å². The van der Waals surface area contributed by atoms with E-state index < -0.39 is 14.9 Å². The van der Waals surface area contributed by atoms with Gasteiger partial charge in [-0.2, -0.15) is 0 Å². The molecule has 2 aromatic rings. The van der Waals surface area contributed by atoms with E-state index in [9.17, 15) is 18.5 Å². The van der Waals surface area contributed by atoms with Gasteiger partial charge in [0.2, 0.25) is 0 Å². The summed E-state index contributed by atoms with van der Waals surface area (Å²) in [6, 6.07) is 6.56.